The highest BCUT2D eigenvalue weighted by Gasteiger charge is 2.08. The van der Waals surface area contributed by atoms with Crippen molar-refractivity contribution < 1.29 is 4.79 Å². The van der Waals surface area contributed by atoms with Gasteiger partial charge in [0, 0.05) is 25.0 Å². The lowest BCUT2D eigenvalue weighted by molar-refractivity contribution is -0.127. The van der Waals surface area contributed by atoms with E-state index in [-0.39, 0.29) is 36.4 Å². The molecule has 0 saturated carbocycles. The standard InChI is InChI=1S/C17H30N4OS.HI/c1-5-6-7-9-14(2)20-17(19-13-16(22)21(3)4)18-12-15-10-8-11-23-15;/h8,10-11,14H,5-7,9,12-13H2,1-4H3,(H2,18,19,20);1H. The molecule has 0 aliphatic heterocycles. The van der Waals surface area contributed by atoms with Gasteiger partial charge in [-0.05, 0) is 24.8 Å². The molecule has 1 atom stereocenters. The van der Waals surface area contributed by atoms with E-state index in [1.165, 1.54) is 24.1 Å². The Labute approximate surface area is 167 Å². The molecule has 0 spiro atoms. The monoisotopic (exact) mass is 466 g/mol. The number of carbonyl (C=O) groups is 1. The van der Waals surface area contributed by atoms with E-state index in [2.05, 4.69) is 40.9 Å². The first-order valence-electron chi connectivity index (χ1n) is 8.30. The number of halogens is 1. The minimum absolute atomic E-state index is 0. The number of unbranched alkanes of at least 4 members (excludes halogenated alkanes) is 2. The van der Waals surface area contributed by atoms with Gasteiger partial charge in [0.05, 0.1) is 6.54 Å². The molecule has 1 rings (SSSR count). The molecule has 0 fully saturated rings. The number of nitrogens with zero attached hydrogens (tertiary/aromatic N) is 2. The van der Waals surface area contributed by atoms with E-state index < -0.39 is 0 Å². The summed E-state index contributed by atoms with van der Waals surface area (Å²) in [5, 5.41) is 8.78. The highest BCUT2D eigenvalue weighted by atomic mass is 127. The minimum atomic E-state index is 0. The van der Waals surface area contributed by atoms with Crippen LogP contribution in [-0.2, 0) is 11.3 Å². The summed E-state index contributed by atoms with van der Waals surface area (Å²) in [6.07, 6.45) is 4.79. The van der Waals surface area contributed by atoms with E-state index in [0.29, 0.717) is 12.0 Å². The second kappa shape index (κ2) is 13.5. The third-order valence-electron chi connectivity index (χ3n) is 3.51. The Hall–Kier alpha value is -0.830. The first kappa shape index (κ1) is 23.2. The van der Waals surface area contributed by atoms with Crippen LogP contribution in [0.4, 0.5) is 0 Å². The van der Waals surface area contributed by atoms with E-state index >= 15 is 0 Å². The average Bonchev–Trinajstić information content (AvgIpc) is 3.03. The van der Waals surface area contributed by atoms with Crippen molar-refractivity contribution in [2.24, 2.45) is 4.99 Å². The summed E-state index contributed by atoms with van der Waals surface area (Å²) in [5.41, 5.74) is 0. The molecule has 0 aliphatic carbocycles. The van der Waals surface area contributed by atoms with Crippen LogP contribution in [0.25, 0.3) is 0 Å². The topological polar surface area (TPSA) is 56.7 Å². The quantitative estimate of drug-likeness (QED) is 0.254. The lowest BCUT2D eigenvalue weighted by atomic mass is 10.1. The Balaban J connectivity index is 0.00000529. The van der Waals surface area contributed by atoms with E-state index in [1.807, 2.05) is 6.07 Å². The Kier molecular flexibility index (Phi) is 13.0. The second-order valence-electron chi connectivity index (χ2n) is 5.93. The molecular weight excluding hydrogens is 435 g/mol. The summed E-state index contributed by atoms with van der Waals surface area (Å²) in [6.45, 7) is 5.25. The van der Waals surface area contributed by atoms with Crippen molar-refractivity contribution in [1.82, 2.24) is 15.5 Å². The Bertz CT molecular complexity index is 477. The SMILES string of the molecule is CCCCCC(C)NC(=NCC(=O)N(C)C)NCc1cccs1.I. The highest BCUT2D eigenvalue weighted by molar-refractivity contribution is 14.0. The van der Waals surface area contributed by atoms with Crippen molar-refractivity contribution in [3.05, 3.63) is 22.4 Å². The van der Waals surface area contributed by atoms with Crippen LogP contribution >= 0.6 is 35.3 Å². The Morgan fingerprint density at radius 2 is 2.12 bits per heavy atom. The molecule has 5 nitrogen and oxygen atoms in total. The van der Waals surface area contributed by atoms with Crippen molar-refractivity contribution >= 4 is 47.2 Å². The molecule has 1 aromatic rings. The van der Waals surface area contributed by atoms with E-state index in [9.17, 15) is 4.79 Å². The summed E-state index contributed by atoms with van der Waals surface area (Å²) >= 11 is 1.71. The van der Waals surface area contributed by atoms with E-state index in [4.69, 9.17) is 0 Å². The van der Waals surface area contributed by atoms with Crippen molar-refractivity contribution in [2.75, 3.05) is 20.6 Å². The fourth-order valence-electron chi connectivity index (χ4n) is 2.03. The van der Waals surface area contributed by atoms with Crippen LogP contribution in [-0.4, -0.2) is 43.4 Å². The summed E-state index contributed by atoms with van der Waals surface area (Å²) < 4.78 is 0. The fourth-order valence-corrected chi connectivity index (χ4v) is 2.68. The first-order chi connectivity index (χ1) is 11.0. The summed E-state index contributed by atoms with van der Waals surface area (Å²) in [6, 6.07) is 4.46. The van der Waals surface area contributed by atoms with Gasteiger partial charge in [-0.3, -0.25) is 4.79 Å². The van der Waals surface area contributed by atoms with Crippen LogP contribution in [0.2, 0.25) is 0 Å². The van der Waals surface area contributed by atoms with E-state index in [1.54, 1.807) is 30.3 Å². The van der Waals surface area contributed by atoms with Crippen LogP contribution in [0, 0.1) is 0 Å². The largest absolute Gasteiger partial charge is 0.354 e. The number of aliphatic imine (C=N–C) groups is 1. The Morgan fingerprint density at radius 3 is 2.71 bits per heavy atom. The smallest absolute Gasteiger partial charge is 0.243 e. The normalized spacial score (nSPS) is 12.2. The van der Waals surface area contributed by atoms with Crippen molar-refractivity contribution in [2.45, 2.75) is 52.1 Å². The maximum atomic E-state index is 11.7. The molecule has 1 heterocycles. The average molecular weight is 466 g/mol. The molecule has 0 aliphatic rings. The third kappa shape index (κ3) is 10.1. The molecule has 0 radical (unpaired) electrons. The Morgan fingerprint density at radius 1 is 1.38 bits per heavy atom. The molecule has 0 saturated heterocycles. The van der Waals surface area contributed by atoms with Gasteiger partial charge >= 0.3 is 0 Å². The number of nitrogens with one attached hydrogen (secondary N) is 2. The van der Waals surface area contributed by atoms with Gasteiger partial charge in [-0.15, -0.1) is 35.3 Å². The van der Waals surface area contributed by atoms with Gasteiger partial charge in [0.2, 0.25) is 5.91 Å². The maximum Gasteiger partial charge on any atom is 0.243 e. The molecule has 2 N–H and O–H groups in total. The number of amides is 1. The van der Waals surface area contributed by atoms with Crippen LogP contribution in [0.5, 0.6) is 0 Å². The first-order valence-corrected chi connectivity index (χ1v) is 9.18. The molecule has 138 valence electrons. The number of carbonyl (C=O) groups excluding carboxylic acids is 1. The maximum absolute atomic E-state index is 11.7. The predicted molar refractivity (Wildman–Crippen MR) is 114 cm³/mol. The zero-order valence-electron chi connectivity index (χ0n) is 15.2. The van der Waals surface area contributed by atoms with Gasteiger partial charge in [-0.2, -0.15) is 0 Å². The minimum Gasteiger partial charge on any atom is -0.354 e. The number of rotatable bonds is 9. The van der Waals surface area contributed by atoms with Gasteiger partial charge in [-0.25, -0.2) is 4.99 Å². The van der Waals surface area contributed by atoms with Crippen molar-refractivity contribution in [1.29, 1.82) is 0 Å². The second-order valence-corrected chi connectivity index (χ2v) is 6.96. The van der Waals surface area contributed by atoms with E-state index in [0.717, 1.165) is 13.0 Å². The number of likely N-dealkylation sites (N-methyl/N-ethyl adjacent to an activating group) is 1. The number of thiophene rings is 1. The van der Waals surface area contributed by atoms with Gasteiger partial charge in [0.15, 0.2) is 5.96 Å². The van der Waals surface area contributed by atoms with Gasteiger partial charge in [0.25, 0.3) is 0 Å². The summed E-state index contributed by atoms with van der Waals surface area (Å²) in [5.74, 6) is 0.707. The van der Waals surface area contributed by atoms with Crippen LogP contribution < -0.4 is 10.6 Å². The van der Waals surface area contributed by atoms with Gasteiger partial charge in [-0.1, -0.05) is 32.3 Å². The lowest BCUT2D eigenvalue weighted by Crippen LogP contribution is -2.42. The zero-order valence-corrected chi connectivity index (χ0v) is 18.3. The highest BCUT2D eigenvalue weighted by Crippen LogP contribution is 2.07. The molecule has 0 aromatic carbocycles. The predicted octanol–water partition coefficient (Wildman–Crippen LogP) is 3.46. The van der Waals surface area contributed by atoms with Crippen molar-refractivity contribution in [3.8, 4) is 0 Å². The molecule has 1 unspecified atom stereocenters. The van der Waals surface area contributed by atoms with Crippen LogP contribution in [0.1, 0.15) is 44.4 Å². The van der Waals surface area contributed by atoms with Gasteiger partial charge in [0.1, 0.15) is 6.54 Å². The molecule has 1 amide bonds. The zero-order chi connectivity index (χ0) is 17.1. The lowest BCUT2D eigenvalue weighted by Gasteiger charge is -2.18. The molecule has 1 aromatic heterocycles. The fraction of sp³-hybridized carbons (Fsp3) is 0.647. The van der Waals surface area contributed by atoms with Crippen LogP contribution in [0.15, 0.2) is 22.5 Å². The third-order valence-corrected chi connectivity index (χ3v) is 4.38. The molecule has 24 heavy (non-hydrogen) atoms. The number of hydrogen-bond acceptors (Lipinski definition) is 3. The van der Waals surface area contributed by atoms with Crippen LogP contribution in [0.3, 0.4) is 0 Å². The summed E-state index contributed by atoms with van der Waals surface area (Å²) in [4.78, 5) is 19.0. The molecule has 7 heteroatoms. The number of hydrogen-bond donors (Lipinski definition) is 2. The number of guanidine groups is 1. The van der Waals surface area contributed by atoms with Crippen molar-refractivity contribution in [3.63, 3.8) is 0 Å². The van der Waals surface area contributed by atoms with Gasteiger partial charge < -0.3 is 15.5 Å². The molecular formula is C17H31IN4OS. The summed E-state index contributed by atoms with van der Waals surface area (Å²) in [7, 11) is 3.49. The molecule has 0 bridgehead atoms.